The third-order valence-corrected chi connectivity index (χ3v) is 3.49. The van der Waals surface area contributed by atoms with Gasteiger partial charge in [-0.05, 0) is 23.8 Å². The standard InChI is InChI=1S/C11H24OS/c1-3-4-5-6-7-8-13-10-11(2)9-12/h11-12H,3-10H2,1-2H3. The maximum Gasteiger partial charge on any atom is 0.0464 e. The largest absolute Gasteiger partial charge is 0.396 e. The molecule has 0 radical (unpaired) electrons. The summed E-state index contributed by atoms with van der Waals surface area (Å²) in [5.74, 6) is 2.86. The first kappa shape index (κ1) is 13.3. The third kappa shape index (κ3) is 10.2. The van der Waals surface area contributed by atoms with Gasteiger partial charge in [-0.15, -0.1) is 0 Å². The minimum Gasteiger partial charge on any atom is -0.396 e. The molecule has 1 nitrogen and oxygen atoms in total. The molecule has 1 atom stereocenters. The van der Waals surface area contributed by atoms with Crippen LogP contribution >= 0.6 is 11.8 Å². The topological polar surface area (TPSA) is 20.2 Å². The Morgan fingerprint density at radius 3 is 2.46 bits per heavy atom. The fourth-order valence-electron chi connectivity index (χ4n) is 1.14. The highest BCUT2D eigenvalue weighted by molar-refractivity contribution is 7.99. The van der Waals surface area contributed by atoms with Crippen molar-refractivity contribution >= 4 is 11.8 Å². The highest BCUT2D eigenvalue weighted by Crippen LogP contribution is 2.11. The third-order valence-electron chi connectivity index (χ3n) is 2.11. The minimum absolute atomic E-state index is 0.336. The number of aliphatic hydroxyl groups excluding tert-OH is 1. The zero-order chi connectivity index (χ0) is 9.94. The molecule has 0 saturated carbocycles. The van der Waals surface area contributed by atoms with Crippen molar-refractivity contribution in [1.82, 2.24) is 0 Å². The molecule has 1 unspecified atom stereocenters. The Kier molecular flexibility index (Phi) is 10.6. The maximum absolute atomic E-state index is 8.79. The van der Waals surface area contributed by atoms with Gasteiger partial charge in [0, 0.05) is 6.61 Å². The van der Waals surface area contributed by atoms with E-state index in [1.165, 1.54) is 37.9 Å². The Hall–Kier alpha value is 0.310. The molecule has 0 bridgehead atoms. The fraction of sp³-hybridized carbons (Fsp3) is 1.00. The quantitative estimate of drug-likeness (QED) is 0.581. The average Bonchev–Trinajstić information content (AvgIpc) is 2.16. The lowest BCUT2D eigenvalue weighted by Crippen LogP contribution is -2.03. The zero-order valence-electron chi connectivity index (χ0n) is 9.09. The fourth-order valence-corrected chi connectivity index (χ4v) is 2.23. The lowest BCUT2D eigenvalue weighted by molar-refractivity contribution is 0.250. The van der Waals surface area contributed by atoms with Gasteiger partial charge in [-0.25, -0.2) is 0 Å². The average molecular weight is 204 g/mol. The van der Waals surface area contributed by atoms with Gasteiger partial charge < -0.3 is 5.11 Å². The first-order valence-electron chi connectivity index (χ1n) is 5.49. The molecule has 13 heavy (non-hydrogen) atoms. The first-order chi connectivity index (χ1) is 6.31. The van der Waals surface area contributed by atoms with Gasteiger partial charge >= 0.3 is 0 Å². The van der Waals surface area contributed by atoms with E-state index in [9.17, 15) is 0 Å². The predicted octanol–water partition coefficient (Wildman–Crippen LogP) is 3.32. The Balaban J connectivity index is 2.91. The van der Waals surface area contributed by atoms with Crippen molar-refractivity contribution < 1.29 is 5.11 Å². The lowest BCUT2D eigenvalue weighted by Gasteiger charge is -2.06. The monoisotopic (exact) mass is 204 g/mol. The molecule has 2 heteroatoms. The number of thioether (sulfide) groups is 1. The van der Waals surface area contributed by atoms with E-state index in [2.05, 4.69) is 13.8 Å². The van der Waals surface area contributed by atoms with Crippen molar-refractivity contribution in [2.24, 2.45) is 5.92 Å². The van der Waals surface area contributed by atoms with Gasteiger partial charge in [-0.1, -0.05) is 39.5 Å². The maximum atomic E-state index is 8.79. The second kappa shape index (κ2) is 10.4. The van der Waals surface area contributed by atoms with Crippen LogP contribution in [0.25, 0.3) is 0 Å². The van der Waals surface area contributed by atoms with E-state index >= 15 is 0 Å². The van der Waals surface area contributed by atoms with Gasteiger partial charge in [-0.2, -0.15) is 11.8 Å². The summed E-state index contributed by atoms with van der Waals surface area (Å²) in [5.41, 5.74) is 0. The summed E-state index contributed by atoms with van der Waals surface area (Å²) in [6.07, 6.45) is 6.84. The molecule has 0 saturated heterocycles. The Labute approximate surface area is 87.3 Å². The van der Waals surface area contributed by atoms with Crippen LogP contribution in [0.1, 0.15) is 46.0 Å². The van der Waals surface area contributed by atoms with Crippen molar-refractivity contribution in [1.29, 1.82) is 0 Å². The molecule has 0 aromatic heterocycles. The second-order valence-electron chi connectivity index (χ2n) is 3.78. The number of rotatable bonds is 9. The number of unbranched alkanes of at least 4 members (excludes halogenated alkanes) is 4. The van der Waals surface area contributed by atoms with Crippen molar-refractivity contribution in [3.63, 3.8) is 0 Å². The van der Waals surface area contributed by atoms with Crippen LogP contribution in [-0.4, -0.2) is 23.2 Å². The molecular formula is C11H24OS. The molecule has 0 spiro atoms. The van der Waals surface area contributed by atoms with Crippen molar-refractivity contribution in [3.8, 4) is 0 Å². The predicted molar refractivity (Wildman–Crippen MR) is 62.3 cm³/mol. The van der Waals surface area contributed by atoms with Gasteiger partial charge in [0.25, 0.3) is 0 Å². The molecule has 0 aromatic rings. The van der Waals surface area contributed by atoms with Crippen LogP contribution in [0.4, 0.5) is 0 Å². The highest BCUT2D eigenvalue weighted by Gasteiger charge is 1.98. The van der Waals surface area contributed by atoms with Crippen LogP contribution in [0, 0.1) is 5.92 Å². The summed E-state index contributed by atoms with van der Waals surface area (Å²) in [5, 5.41) is 8.79. The first-order valence-corrected chi connectivity index (χ1v) is 6.65. The van der Waals surface area contributed by atoms with Crippen LogP contribution in [0.3, 0.4) is 0 Å². The molecular weight excluding hydrogens is 180 g/mol. The van der Waals surface area contributed by atoms with Gasteiger partial charge in [-0.3, -0.25) is 0 Å². The molecule has 0 rings (SSSR count). The molecule has 80 valence electrons. The minimum atomic E-state index is 0.336. The summed E-state index contributed by atoms with van der Waals surface area (Å²) in [4.78, 5) is 0. The van der Waals surface area contributed by atoms with Crippen molar-refractivity contribution in [2.45, 2.75) is 46.0 Å². The van der Waals surface area contributed by atoms with E-state index in [0.29, 0.717) is 12.5 Å². The molecule has 0 aliphatic rings. The van der Waals surface area contributed by atoms with Crippen molar-refractivity contribution in [2.75, 3.05) is 18.1 Å². The van der Waals surface area contributed by atoms with E-state index in [1.54, 1.807) is 0 Å². The highest BCUT2D eigenvalue weighted by atomic mass is 32.2. The van der Waals surface area contributed by atoms with Gasteiger partial charge in [0.1, 0.15) is 0 Å². The molecule has 0 aliphatic heterocycles. The Morgan fingerprint density at radius 2 is 1.85 bits per heavy atom. The van der Waals surface area contributed by atoms with Crippen molar-refractivity contribution in [3.05, 3.63) is 0 Å². The molecule has 0 aliphatic carbocycles. The number of aliphatic hydroxyl groups is 1. The summed E-state index contributed by atoms with van der Waals surface area (Å²) in [7, 11) is 0. The SMILES string of the molecule is CCCCCCCSCC(C)CO. The van der Waals surface area contributed by atoms with Gasteiger partial charge in [0.15, 0.2) is 0 Å². The second-order valence-corrected chi connectivity index (χ2v) is 4.93. The zero-order valence-corrected chi connectivity index (χ0v) is 9.91. The summed E-state index contributed by atoms with van der Waals surface area (Å²) < 4.78 is 0. The van der Waals surface area contributed by atoms with E-state index in [4.69, 9.17) is 5.11 Å². The van der Waals surface area contributed by atoms with E-state index < -0.39 is 0 Å². The van der Waals surface area contributed by atoms with Crippen LogP contribution in [0.2, 0.25) is 0 Å². The summed E-state index contributed by atoms with van der Waals surface area (Å²) in [6.45, 7) is 4.69. The lowest BCUT2D eigenvalue weighted by atomic mass is 10.2. The molecule has 0 aromatic carbocycles. The number of hydrogen-bond acceptors (Lipinski definition) is 2. The van der Waals surface area contributed by atoms with E-state index in [-0.39, 0.29) is 0 Å². The van der Waals surface area contributed by atoms with E-state index in [0.717, 1.165) is 5.75 Å². The number of hydrogen-bond donors (Lipinski definition) is 1. The molecule has 0 fully saturated rings. The van der Waals surface area contributed by atoms with Crippen LogP contribution in [0.5, 0.6) is 0 Å². The van der Waals surface area contributed by atoms with Gasteiger partial charge in [0.2, 0.25) is 0 Å². The van der Waals surface area contributed by atoms with Crippen LogP contribution in [0.15, 0.2) is 0 Å². The Bertz CT molecular complexity index is 96.1. The van der Waals surface area contributed by atoms with Crippen LogP contribution < -0.4 is 0 Å². The smallest absolute Gasteiger partial charge is 0.0464 e. The molecule has 1 N–H and O–H groups in total. The Morgan fingerprint density at radius 1 is 1.15 bits per heavy atom. The normalized spacial score (nSPS) is 13.2. The molecule has 0 heterocycles. The van der Waals surface area contributed by atoms with E-state index in [1.807, 2.05) is 11.8 Å². The molecule has 0 amide bonds. The van der Waals surface area contributed by atoms with Gasteiger partial charge in [0.05, 0.1) is 0 Å². The van der Waals surface area contributed by atoms with Crippen LogP contribution in [-0.2, 0) is 0 Å². The summed E-state index contributed by atoms with van der Waals surface area (Å²) in [6, 6.07) is 0. The summed E-state index contributed by atoms with van der Waals surface area (Å²) >= 11 is 1.98.